The highest BCUT2D eigenvalue weighted by atomic mass is 14.8. The number of rotatable bonds is 1. The quantitative estimate of drug-likeness (QED) is 0.517. The van der Waals surface area contributed by atoms with Gasteiger partial charge in [0, 0.05) is 17.0 Å². The smallest absolute Gasteiger partial charge is 0.0669 e. The van der Waals surface area contributed by atoms with Crippen LogP contribution in [-0.4, -0.2) is 5.71 Å². The zero-order valence-electron chi connectivity index (χ0n) is 16.7. The molecule has 2 aliphatic carbocycles. The second-order valence-electron chi connectivity index (χ2n) is 10.3. The standard InChI is InChI=1S/C23H33N/c1-21(2,3)17-10-9-11-18(19(17)22(4,5)6)24-20-15-12-13-16(14-15)23(20,7)8/h9-13,15-16H,14H2,1-8H3/t15-,16-/m0/s1. The molecule has 1 fully saturated rings. The molecule has 0 saturated heterocycles. The van der Waals surface area contributed by atoms with Crippen molar-refractivity contribution >= 4 is 11.4 Å². The van der Waals surface area contributed by atoms with E-state index in [1.165, 1.54) is 28.9 Å². The fraction of sp³-hybridized carbons (Fsp3) is 0.609. The highest BCUT2D eigenvalue weighted by Gasteiger charge is 2.47. The molecule has 0 N–H and O–H groups in total. The Labute approximate surface area is 148 Å². The second kappa shape index (κ2) is 5.31. The van der Waals surface area contributed by atoms with E-state index in [2.05, 4.69) is 85.7 Å². The number of benzene rings is 1. The van der Waals surface area contributed by atoms with Crippen molar-refractivity contribution in [1.29, 1.82) is 0 Å². The molecule has 0 unspecified atom stereocenters. The molecule has 1 saturated carbocycles. The van der Waals surface area contributed by atoms with Crippen molar-refractivity contribution in [2.75, 3.05) is 0 Å². The Morgan fingerprint density at radius 1 is 0.958 bits per heavy atom. The molecular formula is C23H33N. The second-order valence-corrected chi connectivity index (χ2v) is 10.3. The van der Waals surface area contributed by atoms with E-state index < -0.39 is 0 Å². The van der Waals surface area contributed by atoms with Gasteiger partial charge in [-0.2, -0.15) is 0 Å². The Bertz CT molecular complexity index is 705. The molecule has 1 nitrogen and oxygen atoms in total. The maximum absolute atomic E-state index is 5.30. The normalized spacial score (nSPS) is 27.2. The van der Waals surface area contributed by atoms with Crippen LogP contribution >= 0.6 is 0 Å². The topological polar surface area (TPSA) is 12.4 Å². The minimum absolute atomic E-state index is 0.0842. The summed E-state index contributed by atoms with van der Waals surface area (Å²) in [6, 6.07) is 6.69. The summed E-state index contributed by atoms with van der Waals surface area (Å²) in [6.07, 6.45) is 6.02. The van der Waals surface area contributed by atoms with E-state index in [0.29, 0.717) is 11.8 Å². The van der Waals surface area contributed by atoms with E-state index in [9.17, 15) is 0 Å². The van der Waals surface area contributed by atoms with Crippen LogP contribution < -0.4 is 0 Å². The first-order valence-electron chi connectivity index (χ1n) is 9.34. The Kier molecular flexibility index (Phi) is 3.86. The highest BCUT2D eigenvalue weighted by Crippen LogP contribution is 2.51. The third kappa shape index (κ3) is 2.76. The van der Waals surface area contributed by atoms with Gasteiger partial charge in [0.1, 0.15) is 0 Å². The molecule has 130 valence electrons. The fourth-order valence-corrected chi connectivity index (χ4v) is 4.51. The Hall–Kier alpha value is -1.37. The number of hydrogen-bond acceptors (Lipinski definition) is 1. The van der Waals surface area contributed by atoms with E-state index in [-0.39, 0.29) is 16.2 Å². The lowest BCUT2D eigenvalue weighted by molar-refractivity contribution is 0.409. The van der Waals surface area contributed by atoms with Crippen molar-refractivity contribution < 1.29 is 0 Å². The fourth-order valence-electron chi connectivity index (χ4n) is 4.51. The number of fused-ring (bicyclic) bond motifs is 2. The molecular weight excluding hydrogens is 290 g/mol. The lowest BCUT2D eigenvalue weighted by Gasteiger charge is -2.33. The van der Waals surface area contributed by atoms with Crippen LogP contribution in [0.2, 0.25) is 0 Å². The van der Waals surface area contributed by atoms with Gasteiger partial charge in [0.2, 0.25) is 0 Å². The molecule has 0 radical (unpaired) electrons. The molecule has 24 heavy (non-hydrogen) atoms. The SMILES string of the molecule is CC(C)(C)c1cccc(N=C2[C@H]3C=C[C@@H](C3)C2(C)C)c1C(C)(C)C. The van der Waals surface area contributed by atoms with Gasteiger partial charge >= 0.3 is 0 Å². The third-order valence-electron chi connectivity index (χ3n) is 5.86. The van der Waals surface area contributed by atoms with Crippen LogP contribution in [0.4, 0.5) is 5.69 Å². The molecule has 3 rings (SSSR count). The van der Waals surface area contributed by atoms with E-state index in [0.717, 1.165) is 0 Å². The Morgan fingerprint density at radius 2 is 1.62 bits per heavy atom. The molecule has 2 bridgehead atoms. The van der Waals surface area contributed by atoms with Gasteiger partial charge in [-0.1, -0.05) is 79.7 Å². The van der Waals surface area contributed by atoms with Crippen LogP contribution in [0.25, 0.3) is 0 Å². The minimum atomic E-state index is 0.0842. The average Bonchev–Trinajstić information content (AvgIpc) is 2.98. The largest absolute Gasteiger partial charge is 0.256 e. The van der Waals surface area contributed by atoms with E-state index in [1.54, 1.807) is 0 Å². The van der Waals surface area contributed by atoms with Gasteiger partial charge in [0.15, 0.2) is 0 Å². The first-order chi connectivity index (χ1) is 10.9. The van der Waals surface area contributed by atoms with Crippen LogP contribution in [0.3, 0.4) is 0 Å². The maximum Gasteiger partial charge on any atom is 0.0669 e. The molecule has 0 amide bonds. The lowest BCUT2D eigenvalue weighted by atomic mass is 9.74. The third-order valence-corrected chi connectivity index (χ3v) is 5.86. The van der Waals surface area contributed by atoms with Crippen LogP contribution in [0.1, 0.15) is 72.9 Å². The van der Waals surface area contributed by atoms with Crippen LogP contribution in [0.5, 0.6) is 0 Å². The van der Waals surface area contributed by atoms with Gasteiger partial charge < -0.3 is 0 Å². The van der Waals surface area contributed by atoms with Gasteiger partial charge in [-0.05, 0) is 40.4 Å². The van der Waals surface area contributed by atoms with Crippen molar-refractivity contribution in [3.63, 3.8) is 0 Å². The van der Waals surface area contributed by atoms with Crippen LogP contribution in [0, 0.1) is 17.3 Å². The van der Waals surface area contributed by atoms with Crippen LogP contribution in [0.15, 0.2) is 35.3 Å². The van der Waals surface area contributed by atoms with Crippen molar-refractivity contribution in [3.05, 3.63) is 41.5 Å². The molecule has 2 atom stereocenters. The van der Waals surface area contributed by atoms with E-state index in [1.807, 2.05) is 0 Å². The summed E-state index contributed by atoms with van der Waals surface area (Å²) in [4.78, 5) is 5.30. The Morgan fingerprint density at radius 3 is 2.12 bits per heavy atom. The summed E-state index contributed by atoms with van der Waals surface area (Å²) in [5, 5.41) is 0. The van der Waals surface area contributed by atoms with Crippen molar-refractivity contribution in [3.8, 4) is 0 Å². The molecule has 0 heterocycles. The van der Waals surface area contributed by atoms with E-state index in [4.69, 9.17) is 4.99 Å². The molecule has 2 aliphatic rings. The molecule has 1 aromatic carbocycles. The summed E-state index contributed by atoms with van der Waals surface area (Å²) in [6.45, 7) is 18.6. The zero-order valence-corrected chi connectivity index (χ0v) is 16.7. The van der Waals surface area contributed by atoms with Gasteiger partial charge in [-0.3, -0.25) is 4.99 Å². The molecule has 0 aromatic heterocycles. The number of aliphatic imine (C=N–C) groups is 1. The van der Waals surface area contributed by atoms with E-state index >= 15 is 0 Å². The summed E-state index contributed by atoms with van der Waals surface area (Å²) < 4.78 is 0. The number of allylic oxidation sites excluding steroid dienone is 2. The van der Waals surface area contributed by atoms with Gasteiger partial charge in [0.05, 0.1) is 5.69 Å². The average molecular weight is 324 g/mol. The van der Waals surface area contributed by atoms with Crippen molar-refractivity contribution in [1.82, 2.24) is 0 Å². The first kappa shape index (κ1) is 17.5. The summed E-state index contributed by atoms with van der Waals surface area (Å²) in [5.41, 5.74) is 5.79. The predicted octanol–water partition coefficient (Wildman–Crippen LogP) is 6.59. The molecule has 1 aromatic rings. The van der Waals surface area contributed by atoms with Crippen LogP contribution in [-0.2, 0) is 10.8 Å². The Balaban J connectivity index is 2.20. The maximum atomic E-state index is 5.30. The number of hydrogen-bond donors (Lipinski definition) is 0. The molecule has 1 heteroatoms. The lowest BCUT2D eigenvalue weighted by Crippen LogP contribution is -2.28. The zero-order chi connectivity index (χ0) is 17.9. The molecule has 0 spiro atoms. The van der Waals surface area contributed by atoms with Gasteiger partial charge in [0.25, 0.3) is 0 Å². The summed E-state index contributed by atoms with van der Waals surface area (Å²) >= 11 is 0. The van der Waals surface area contributed by atoms with Gasteiger partial charge in [-0.25, -0.2) is 0 Å². The minimum Gasteiger partial charge on any atom is -0.256 e. The van der Waals surface area contributed by atoms with Crippen molar-refractivity contribution in [2.24, 2.45) is 22.2 Å². The van der Waals surface area contributed by atoms with Gasteiger partial charge in [-0.15, -0.1) is 0 Å². The predicted molar refractivity (Wildman–Crippen MR) is 105 cm³/mol. The number of nitrogens with zero attached hydrogens (tertiary/aromatic N) is 1. The summed E-state index contributed by atoms with van der Waals surface area (Å²) in [7, 11) is 0. The summed E-state index contributed by atoms with van der Waals surface area (Å²) in [5.74, 6) is 1.20. The van der Waals surface area contributed by atoms with Crippen molar-refractivity contribution in [2.45, 2.75) is 72.6 Å². The molecule has 0 aliphatic heterocycles. The first-order valence-corrected chi connectivity index (χ1v) is 9.34. The highest BCUT2D eigenvalue weighted by molar-refractivity contribution is 5.98. The monoisotopic (exact) mass is 323 g/mol.